The van der Waals surface area contributed by atoms with E-state index in [0.717, 1.165) is 21.1 Å². The van der Waals surface area contributed by atoms with Crippen molar-refractivity contribution in [1.29, 1.82) is 0 Å². The Labute approximate surface area is 113 Å². The summed E-state index contributed by atoms with van der Waals surface area (Å²) in [6.07, 6.45) is 1.69. The number of hydrogen-bond acceptors (Lipinski definition) is 4. The summed E-state index contributed by atoms with van der Waals surface area (Å²) in [5, 5.41) is 3.19. The van der Waals surface area contributed by atoms with E-state index in [1.54, 1.807) is 17.5 Å². The third kappa shape index (κ3) is 3.51. The van der Waals surface area contributed by atoms with Crippen LogP contribution in [0.1, 0.15) is 30.5 Å². The van der Waals surface area contributed by atoms with E-state index in [-0.39, 0.29) is 0 Å². The molecule has 2 aromatic heterocycles. The highest BCUT2D eigenvalue weighted by atomic mass is 79.9. The molecule has 5 heteroatoms. The van der Waals surface area contributed by atoms with Crippen molar-refractivity contribution in [3.05, 3.63) is 39.0 Å². The molecule has 0 aliphatic carbocycles. The minimum atomic E-state index is 0.475. The minimum Gasteiger partial charge on any atom is -0.486 e. The fraction of sp³-hybridized carbons (Fsp3) is 0.333. The number of thiazole rings is 1. The summed E-state index contributed by atoms with van der Waals surface area (Å²) in [4.78, 5) is 8.60. The first-order chi connectivity index (χ1) is 8.15. The van der Waals surface area contributed by atoms with Crippen LogP contribution in [0.3, 0.4) is 0 Å². The molecule has 0 radical (unpaired) electrons. The molecular weight excluding hydrogens is 300 g/mol. The molecule has 2 rings (SSSR count). The van der Waals surface area contributed by atoms with Gasteiger partial charge in [-0.1, -0.05) is 13.8 Å². The van der Waals surface area contributed by atoms with Gasteiger partial charge in [0.2, 0.25) is 0 Å². The van der Waals surface area contributed by atoms with E-state index < -0.39 is 0 Å². The zero-order valence-corrected chi connectivity index (χ0v) is 12.1. The van der Waals surface area contributed by atoms with Crippen molar-refractivity contribution in [2.24, 2.45) is 0 Å². The van der Waals surface area contributed by atoms with E-state index in [1.165, 1.54) is 0 Å². The average Bonchev–Trinajstić information content (AvgIpc) is 2.77. The molecule has 0 N–H and O–H groups in total. The van der Waals surface area contributed by atoms with Gasteiger partial charge in [-0.05, 0) is 28.1 Å². The fourth-order valence-electron chi connectivity index (χ4n) is 1.26. The van der Waals surface area contributed by atoms with Gasteiger partial charge in [0.1, 0.15) is 17.0 Å². The zero-order valence-electron chi connectivity index (χ0n) is 9.68. The van der Waals surface area contributed by atoms with Crippen LogP contribution in [-0.4, -0.2) is 9.97 Å². The number of pyridine rings is 1. The van der Waals surface area contributed by atoms with E-state index in [2.05, 4.69) is 39.7 Å². The summed E-state index contributed by atoms with van der Waals surface area (Å²) < 4.78 is 6.41. The number of hydrogen-bond donors (Lipinski definition) is 0. The Morgan fingerprint density at radius 2 is 2.24 bits per heavy atom. The van der Waals surface area contributed by atoms with Gasteiger partial charge in [-0.2, -0.15) is 0 Å². The van der Waals surface area contributed by atoms with Crippen LogP contribution >= 0.6 is 27.3 Å². The van der Waals surface area contributed by atoms with Crippen LogP contribution in [0.5, 0.6) is 5.75 Å². The summed E-state index contributed by atoms with van der Waals surface area (Å²) in [5.41, 5.74) is 0.974. The first kappa shape index (κ1) is 12.5. The summed E-state index contributed by atoms with van der Waals surface area (Å²) >= 11 is 4.96. The Kier molecular flexibility index (Phi) is 4.12. The van der Waals surface area contributed by atoms with Crippen LogP contribution in [0.25, 0.3) is 0 Å². The largest absolute Gasteiger partial charge is 0.486 e. The van der Waals surface area contributed by atoms with Crippen molar-refractivity contribution >= 4 is 27.3 Å². The lowest BCUT2D eigenvalue weighted by Gasteiger charge is -2.03. The van der Waals surface area contributed by atoms with E-state index in [1.807, 2.05) is 17.5 Å². The van der Waals surface area contributed by atoms with Gasteiger partial charge in [-0.15, -0.1) is 11.3 Å². The number of rotatable bonds is 4. The molecule has 90 valence electrons. The molecule has 17 heavy (non-hydrogen) atoms. The first-order valence-electron chi connectivity index (χ1n) is 5.34. The normalized spacial score (nSPS) is 10.8. The molecule has 0 spiro atoms. The molecule has 0 bridgehead atoms. The lowest BCUT2D eigenvalue weighted by atomic mass is 10.2. The summed E-state index contributed by atoms with van der Waals surface area (Å²) in [6.45, 7) is 4.77. The highest BCUT2D eigenvalue weighted by Gasteiger charge is 2.06. The van der Waals surface area contributed by atoms with Crippen molar-refractivity contribution in [3.8, 4) is 5.75 Å². The van der Waals surface area contributed by atoms with Gasteiger partial charge in [0.25, 0.3) is 0 Å². The van der Waals surface area contributed by atoms with E-state index in [0.29, 0.717) is 12.5 Å². The van der Waals surface area contributed by atoms with Crippen LogP contribution in [0, 0.1) is 0 Å². The topological polar surface area (TPSA) is 35.0 Å². The van der Waals surface area contributed by atoms with Crippen LogP contribution in [0.4, 0.5) is 0 Å². The van der Waals surface area contributed by atoms with Gasteiger partial charge in [-0.25, -0.2) is 9.97 Å². The zero-order chi connectivity index (χ0) is 12.3. The molecule has 0 aliphatic rings. The van der Waals surface area contributed by atoms with Gasteiger partial charge in [0, 0.05) is 11.3 Å². The van der Waals surface area contributed by atoms with E-state index in [9.17, 15) is 0 Å². The quantitative estimate of drug-likeness (QED) is 0.800. The lowest BCUT2D eigenvalue weighted by molar-refractivity contribution is 0.300. The van der Waals surface area contributed by atoms with Crippen molar-refractivity contribution in [1.82, 2.24) is 9.97 Å². The number of aromatic nitrogens is 2. The molecule has 0 aliphatic heterocycles. The molecule has 0 saturated carbocycles. The minimum absolute atomic E-state index is 0.475. The highest BCUT2D eigenvalue weighted by Crippen LogP contribution is 2.20. The molecule has 3 nitrogen and oxygen atoms in total. The number of halogens is 1. The second-order valence-corrected chi connectivity index (χ2v) is 5.64. The average molecular weight is 313 g/mol. The second kappa shape index (κ2) is 5.60. The van der Waals surface area contributed by atoms with Crippen molar-refractivity contribution in [3.63, 3.8) is 0 Å². The number of ether oxygens (including phenoxy) is 1. The van der Waals surface area contributed by atoms with Crippen LogP contribution < -0.4 is 4.74 Å². The fourth-order valence-corrected chi connectivity index (χ4v) is 2.31. The first-order valence-corrected chi connectivity index (χ1v) is 7.01. The van der Waals surface area contributed by atoms with Gasteiger partial charge in [-0.3, -0.25) is 0 Å². The monoisotopic (exact) mass is 312 g/mol. The van der Waals surface area contributed by atoms with Crippen molar-refractivity contribution in [2.45, 2.75) is 26.4 Å². The molecule has 0 aromatic carbocycles. The molecule has 0 atom stereocenters. The molecular formula is C12H13BrN2OS. The van der Waals surface area contributed by atoms with Crippen LogP contribution in [-0.2, 0) is 6.61 Å². The molecule has 2 heterocycles. The Bertz CT molecular complexity index is 482. The molecule has 0 unspecified atom stereocenters. The number of nitrogens with zero attached hydrogens (tertiary/aromatic N) is 2. The summed E-state index contributed by atoms with van der Waals surface area (Å²) in [7, 11) is 0. The van der Waals surface area contributed by atoms with Crippen LogP contribution in [0.15, 0.2) is 28.3 Å². The van der Waals surface area contributed by atoms with E-state index in [4.69, 9.17) is 4.74 Å². The third-order valence-electron chi connectivity index (χ3n) is 2.15. The maximum absolute atomic E-state index is 5.60. The highest BCUT2D eigenvalue weighted by molar-refractivity contribution is 9.10. The van der Waals surface area contributed by atoms with Crippen LogP contribution in [0.2, 0.25) is 0 Å². The smallest absolute Gasteiger partial charge is 0.138 e. The molecule has 0 fully saturated rings. The molecule has 2 aromatic rings. The Morgan fingerprint density at radius 3 is 2.82 bits per heavy atom. The van der Waals surface area contributed by atoms with Gasteiger partial charge in [0.05, 0.1) is 16.9 Å². The lowest BCUT2D eigenvalue weighted by Crippen LogP contribution is -1.97. The SMILES string of the molecule is CC(C)c1nc(COc2ccc(Br)nc2)cs1. The third-order valence-corrected chi connectivity index (χ3v) is 3.81. The molecule has 0 saturated heterocycles. The second-order valence-electron chi connectivity index (χ2n) is 3.94. The summed E-state index contributed by atoms with van der Waals surface area (Å²) in [6, 6.07) is 3.74. The van der Waals surface area contributed by atoms with Gasteiger partial charge < -0.3 is 4.74 Å². The van der Waals surface area contributed by atoms with E-state index >= 15 is 0 Å². The predicted octanol–water partition coefficient (Wildman–Crippen LogP) is 4.00. The molecule has 0 amide bonds. The maximum Gasteiger partial charge on any atom is 0.138 e. The van der Waals surface area contributed by atoms with Gasteiger partial charge >= 0.3 is 0 Å². The van der Waals surface area contributed by atoms with Gasteiger partial charge in [0.15, 0.2) is 0 Å². The Balaban J connectivity index is 1.95. The summed E-state index contributed by atoms with van der Waals surface area (Å²) in [5.74, 6) is 1.23. The van der Waals surface area contributed by atoms with Crippen molar-refractivity contribution in [2.75, 3.05) is 0 Å². The predicted molar refractivity (Wildman–Crippen MR) is 72.5 cm³/mol. The standard InChI is InChI=1S/C12H13BrN2OS/c1-8(2)12-15-9(7-17-12)6-16-10-3-4-11(13)14-5-10/h3-5,7-8H,6H2,1-2H3. The Hall–Kier alpha value is -0.940. The Morgan fingerprint density at radius 1 is 1.41 bits per heavy atom. The van der Waals surface area contributed by atoms with Crippen molar-refractivity contribution < 1.29 is 4.74 Å². The maximum atomic E-state index is 5.60.